The van der Waals surface area contributed by atoms with Crippen molar-refractivity contribution in [3.63, 3.8) is 0 Å². The van der Waals surface area contributed by atoms with Crippen LogP contribution in [0.25, 0.3) is 0 Å². The van der Waals surface area contributed by atoms with Gasteiger partial charge in [-0.05, 0) is 18.6 Å². The summed E-state index contributed by atoms with van der Waals surface area (Å²) in [5.74, 6) is 0.0447. The lowest BCUT2D eigenvalue weighted by Crippen LogP contribution is -2.06. The molecule has 1 aromatic rings. The fraction of sp³-hybridized carbons (Fsp3) is 0.588. The average Bonchev–Trinajstić information content (AvgIpc) is 2.49. The van der Waals surface area contributed by atoms with Crippen LogP contribution >= 0.6 is 7.60 Å². The van der Waals surface area contributed by atoms with Crippen LogP contribution in [0.4, 0.5) is 0 Å². The minimum absolute atomic E-state index is 0.0447. The topological polar surface area (TPSA) is 74.6 Å². The van der Waals surface area contributed by atoms with Crippen molar-refractivity contribution in [1.29, 1.82) is 0 Å². The largest absolute Gasteiger partial charge is 0.356 e. The Hall–Kier alpha value is -0.960. The van der Waals surface area contributed by atoms with Gasteiger partial charge in [0, 0.05) is 12.0 Å². The summed E-state index contributed by atoms with van der Waals surface area (Å²) in [6.07, 6.45) is 10.0. The number of ketones is 1. The van der Waals surface area contributed by atoms with E-state index in [1.807, 2.05) is 0 Å². The van der Waals surface area contributed by atoms with E-state index in [-0.39, 0.29) is 11.1 Å². The normalized spacial score (nSPS) is 11.6. The molecule has 0 amide bonds. The van der Waals surface area contributed by atoms with Gasteiger partial charge in [-0.3, -0.25) is 9.36 Å². The van der Waals surface area contributed by atoms with Crippen molar-refractivity contribution in [2.45, 2.75) is 64.7 Å². The van der Waals surface area contributed by atoms with E-state index in [0.717, 1.165) is 12.8 Å². The molecule has 124 valence electrons. The molecular formula is C17H27O4P. The maximum Gasteiger partial charge on any atom is 0.356 e. The summed E-state index contributed by atoms with van der Waals surface area (Å²) >= 11 is 0. The summed E-state index contributed by atoms with van der Waals surface area (Å²) in [7, 11) is -4.22. The molecule has 0 aromatic heterocycles. The van der Waals surface area contributed by atoms with Crippen LogP contribution in [0.1, 0.15) is 75.1 Å². The van der Waals surface area contributed by atoms with Crippen LogP contribution in [-0.2, 0) is 4.57 Å². The van der Waals surface area contributed by atoms with Crippen LogP contribution in [0, 0.1) is 0 Å². The summed E-state index contributed by atoms with van der Waals surface area (Å²) < 4.78 is 11.1. The molecule has 0 aliphatic carbocycles. The van der Waals surface area contributed by atoms with Gasteiger partial charge in [0.25, 0.3) is 0 Å². The Morgan fingerprint density at radius 2 is 1.41 bits per heavy atom. The van der Waals surface area contributed by atoms with Gasteiger partial charge in [0.05, 0.1) is 5.30 Å². The van der Waals surface area contributed by atoms with E-state index < -0.39 is 7.60 Å². The Kier molecular flexibility index (Phi) is 8.62. The van der Waals surface area contributed by atoms with Gasteiger partial charge in [-0.15, -0.1) is 0 Å². The van der Waals surface area contributed by atoms with Gasteiger partial charge in [0.15, 0.2) is 5.78 Å². The summed E-state index contributed by atoms with van der Waals surface area (Å²) in [5.41, 5.74) is 0.528. The molecule has 2 N–H and O–H groups in total. The van der Waals surface area contributed by atoms with Crippen LogP contribution in [0.3, 0.4) is 0 Å². The molecule has 0 bridgehead atoms. The fourth-order valence-electron chi connectivity index (χ4n) is 2.41. The first kappa shape index (κ1) is 19.1. The Labute approximate surface area is 133 Å². The summed E-state index contributed by atoms with van der Waals surface area (Å²) in [4.78, 5) is 30.0. The van der Waals surface area contributed by atoms with E-state index in [1.54, 1.807) is 0 Å². The minimum atomic E-state index is -4.22. The summed E-state index contributed by atoms with van der Waals surface area (Å²) in [6, 6.07) is 5.67. The number of rotatable bonds is 11. The third-order valence-corrected chi connectivity index (χ3v) is 4.75. The molecule has 0 radical (unpaired) electrons. The van der Waals surface area contributed by atoms with E-state index in [4.69, 9.17) is 9.79 Å². The van der Waals surface area contributed by atoms with Gasteiger partial charge in [-0.1, -0.05) is 64.0 Å². The molecule has 5 heteroatoms. The molecule has 0 aliphatic heterocycles. The van der Waals surface area contributed by atoms with Crippen LogP contribution in [0.5, 0.6) is 0 Å². The van der Waals surface area contributed by atoms with Crippen molar-refractivity contribution < 1.29 is 19.1 Å². The van der Waals surface area contributed by atoms with Crippen LogP contribution in [0.2, 0.25) is 0 Å². The predicted octanol–water partition coefficient (Wildman–Crippen LogP) is 4.20. The lowest BCUT2D eigenvalue weighted by atomic mass is 10.0. The molecule has 22 heavy (non-hydrogen) atoms. The molecule has 0 saturated heterocycles. The van der Waals surface area contributed by atoms with Crippen molar-refractivity contribution >= 4 is 18.7 Å². The molecular weight excluding hydrogens is 299 g/mol. The summed E-state index contributed by atoms with van der Waals surface area (Å²) in [5, 5.41) is -0.0453. The first-order valence-electron chi connectivity index (χ1n) is 8.14. The monoisotopic (exact) mass is 326 g/mol. The molecule has 1 rings (SSSR count). The predicted molar refractivity (Wildman–Crippen MR) is 89.7 cm³/mol. The van der Waals surface area contributed by atoms with Crippen LogP contribution in [0.15, 0.2) is 24.3 Å². The van der Waals surface area contributed by atoms with E-state index in [0.29, 0.717) is 12.0 Å². The zero-order valence-electron chi connectivity index (χ0n) is 13.3. The number of carbonyl (C=O) groups is 1. The van der Waals surface area contributed by atoms with Crippen LogP contribution < -0.4 is 5.30 Å². The Balaban J connectivity index is 2.24. The second kappa shape index (κ2) is 9.94. The minimum Gasteiger partial charge on any atom is -0.321 e. The first-order valence-corrected chi connectivity index (χ1v) is 9.75. The second-order valence-corrected chi connectivity index (χ2v) is 7.34. The second-order valence-electron chi connectivity index (χ2n) is 5.74. The Morgan fingerprint density at radius 3 is 1.91 bits per heavy atom. The van der Waals surface area contributed by atoms with Gasteiger partial charge < -0.3 is 9.79 Å². The third-order valence-electron chi connectivity index (χ3n) is 3.78. The molecule has 0 aliphatic rings. The highest BCUT2D eigenvalue weighted by molar-refractivity contribution is 7.60. The van der Waals surface area contributed by atoms with Crippen molar-refractivity contribution in [2.24, 2.45) is 0 Å². The van der Waals surface area contributed by atoms with Crippen molar-refractivity contribution in [3.05, 3.63) is 29.8 Å². The highest BCUT2D eigenvalue weighted by Gasteiger charge is 2.17. The number of hydrogen-bond acceptors (Lipinski definition) is 2. The average molecular weight is 326 g/mol. The molecule has 1 aromatic carbocycles. The van der Waals surface area contributed by atoms with Crippen molar-refractivity contribution in [3.8, 4) is 0 Å². The molecule has 0 atom stereocenters. The summed E-state index contributed by atoms with van der Waals surface area (Å²) in [6.45, 7) is 2.21. The smallest absolute Gasteiger partial charge is 0.321 e. The quantitative estimate of drug-likeness (QED) is 0.363. The third kappa shape index (κ3) is 7.35. The number of hydrogen-bond donors (Lipinski definition) is 2. The van der Waals surface area contributed by atoms with Crippen molar-refractivity contribution in [1.82, 2.24) is 0 Å². The highest BCUT2D eigenvalue weighted by atomic mass is 31.2. The van der Waals surface area contributed by atoms with Gasteiger partial charge in [-0.2, -0.15) is 0 Å². The van der Waals surface area contributed by atoms with Gasteiger partial charge >= 0.3 is 7.60 Å². The fourth-order valence-corrected chi connectivity index (χ4v) is 2.94. The van der Waals surface area contributed by atoms with E-state index in [2.05, 4.69) is 6.92 Å². The number of carbonyl (C=O) groups excluding carboxylic acids is 1. The maximum atomic E-state index is 12.0. The molecule has 4 nitrogen and oxygen atoms in total. The van der Waals surface area contributed by atoms with Crippen LogP contribution in [-0.4, -0.2) is 15.6 Å². The molecule has 0 fully saturated rings. The number of unbranched alkanes of at least 4 members (excludes halogenated alkanes) is 7. The lowest BCUT2D eigenvalue weighted by molar-refractivity contribution is 0.0979. The van der Waals surface area contributed by atoms with Crippen molar-refractivity contribution in [2.75, 3.05) is 0 Å². The zero-order chi connectivity index (χ0) is 16.4. The first-order chi connectivity index (χ1) is 10.4. The Bertz CT molecular complexity index is 490. The highest BCUT2D eigenvalue weighted by Crippen LogP contribution is 2.32. The molecule has 0 unspecified atom stereocenters. The molecule has 0 saturated carbocycles. The van der Waals surface area contributed by atoms with E-state index >= 15 is 0 Å². The maximum absolute atomic E-state index is 12.0. The lowest BCUT2D eigenvalue weighted by Gasteiger charge is -2.05. The molecule has 0 spiro atoms. The standard InChI is InChI=1S/C17H27O4P/c1-2-3-4-5-6-7-8-9-10-17(18)15-11-13-16(14-12-15)22(19,20)21/h11-14H,2-10H2,1H3,(H2,19,20,21). The van der Waals surface area contributed by atoms with Gasteiger partial charge in [0.2, 0.25) is 0 Å². The number of Topliss-reactive ketones (excluding diaryl/α,β-unsaturated/α-hetero) is 1. The van der Waals surface area contributed by atoms with E-state index in [9.17, 15) is 9.36 Å². The number of benzene rings is 1. The van der Waals surface area contributed by atoms with E-state index in [1.165, 1.54) is 62.8 Å². The molecule has 0 heterocycles. The zero-order valence-corrected chi connectivity index (χ0v) is 14.2. The Morgan fingerprint density at radius 1 is 0.909 bits per heavy atom. The van der Waals surface area contributed by atoms with Gasteiger partial charge in [0.1, 0.15) is 0 Å². The van der Waals surface area contributed by atoms with Gasteiger partial charge in [-0.25, -0.2) is 0 Å². The SMILES string of the molecule is CCCCCCCCCCC(=O)c1ccc(P(=O)(O)O)cc1.